The Morgan fingerprint density at radius 1 is 1.21 bits per heavy atom. The van der Waals surface area contributed by atoms with Crippen molar-refractivity contribution in [2.75, 3.05) is 27.7 Å². The van der Waals surface area contributed by atoms with Gasteiger partial charge in [-0.05, 0) is 12.1 Å². The monoisotopic (exact) mass is 264 g/mol. The average molecular weight is 264 g/mol. The number of ether oxygens (including phenoxy) is 1. The Morgan fingerprint density at radius 3 is 2.26 bits per heavy atom. The van der Waals surface area contributed by atoms with Gasteiger partial charge in [-0.1, -0.05) is 25.1 Å². The maximum atomic E-state index is 12.4. The maximum Gasteiger partial charge on any atom is 0.310 e. The largest absolute Gasteiger partial charge is 0.469 e. The van der Waals surface area contributed by atoms with Crippen LogP contribution in [0.5, 0.6) is 0 Å². The van der Waals surface area contributed by atoms with Crippen LogP contribution in [0, 0.1) is 5.92 Å². The summed E-state index contributed by atoms with van der Waals surface area (Å²) in [5.74, 6) is -0.839. The van der Waals surface area contributed by atoms with E-state index in [0.717, 1.165) is 0 Å². The van der Waals surface area contributed by atoms with Crippen LogP contribution < -0.4 is 0 Å². The van der Waals surface area contributed by atoms with Crippen molar-refractivity contribution in [1.82, 2.24) is 10.0 Å². The van der Waals surface area contributed by atoms with E-state index < -0.39 is 0 Å². The molecule has 19 heavy (non-hydrogen) atoms. The Kier molecular flexibility index (Phi) is 5.51. The molecule has 0 N–H and O–H groups in total. The fourth-order valence-corrected chi connectivity index (χ4v) is 1.69. The van der Waals surface area contributed by atoms with E-state index in [1.165, 1.54) is 12.1 Å². The van der Waals surface area contributed by atoms with Crippen LogP contribution in [0.1, 0.15) is 17.3 Å². The summed E-state index contributed by atoms with van der Waals surface area (Å²) in [4.78, 5) is 23.8. The molecule has 1 atom stereocenters. The van der Waals surface area contributed by atoms with E-state index in [-0.39, 0.29) is 24.3 Å². The molecule has 0 radical (unpaired) electrons. The van der Waals surface area contributed by atoms with Gasteiger partial charge in [0.15, 0.2) is 0 Å². The van der Waals surface area contributed by atoms with Crippen LogP contribution in [0.25, 0.3) is 0 Å². The minimum absolute atomic E-state index is 0.138. The number of carbonyl (C=O) groups is 2. The molecular weight excluding hydrogens is 244 g/mol. The molecule has 5 heteroatoms. The number of benzene rings is 1. The maximum absolute atomic E-state index is 12.4. The van der Waals surface area contributed by atoms with E-state index in [9.17, 15) is 9.59 Å². The number of hydrogen-bond donors (Lipinski definition) is 0. The normalized spacial score (nSPS) is 12.1. The summed E-state index contributed by atoms with van der Waals surface area (Å²) in [5, 5.41) is 3.20. The molecule has 0 aromatic heterocycles. The zero-order valence-corrected chi connectivity index (χ0v) is 11.8. The quantitative estimate of drug-likeness (QED) is 0.596. The van der Waals surface area contributed by atoms with Gasteiger partial charge in [-0.25, -0.2) is 5.01 Å². The lowest BCUT2D eigenvalue weighted by Crippen LogP contribution is -2.45. The van der Waals surface area contributed by atoms with E-state index in [1.807, 2.05) is 18.2 Å². The molecule has 0 heterocycles. The van der Waals surface area contributed by atoms with E-state index in [4.69, 9.17) is 0 Å². The third-order valence-corrected chi connectivity index (χ3v) is 2.79. The van der Waals surface area contributed by atoms with E-state index in [2.05, 4.69) is 4.74 Å². The molecule has 0 saturated carbocycles. The van der Waals surface area contributed by atoms with Crippen molar-refractivity contribution in [1.29, 1.82) is 0 Å². The van der Waals surface area contributed by atoms with Crippen LogP contribution in [0.2, 0.25) is 0 Å². The zero-order chi connectivity index (χ0) is 14.4. The first-order valence-corrected chi connectivity index (χ1v) is 6.09. The fraction of sp³-hybridized carbons (Fsp3) is 0.429. The van der Waals surface area contributed by atoms with Crippen molar-refractivity contribution in [3.05, 3.63) is 35.9 Å². The molecule has 0 fully saturated rings. The van der Waals surface area contributed by atoms with E-state index in [1.54, 1.807) is 38.2 Å². The first-order chi connectivity index (χ1) is 8.97. The molecule has 104 valence electrons. The second kappa shape index (κ2) is 6.89. The predicted molar refractivity (Wildman–Crippen MR) is 72.3 cm³/mol. The minimum Gasteiger partial charge on any atom is -0.469 e. The fourth-order valence-electron chi connectivity index (χ4n) is 1.69. The second-order valence-corrected chi connectivity index (χ2v) is 4.52. The van der Waals surface area contributed by atoms with Crippen molar-refractivity contribution in [2.24, 2.45) is 5.92 Å². The Hall–Kier alpha value is -1.88. The van der Waals surface area contributed by atoms with Gasteiger partial charge < -0.3 is 4.74 Å². The van der Waals surface area contributed by atoms with Gasteiger partial charge in [0.2, 0.25) is 0 Å². The summed E-state index contributed by atoms with van der Waals surface area (Å²) in [6, 6.07) is 8.98. The summed E-state index contributed by atoms with van der Waals surface area (Å²) in [6.45, 7) is 2.02. The van der Waals surface area contributed by atoms with Crippen molar-refractivity contribution in [2.45, 2.75) is 6.92 Å². The number of rotatable bonds is 5. The van der Waals surface area contributed by atoms with Crippen molar-refractivity contribution in [3.8, 4) is 0 Å². The predicted octanol–water partition coefficient (Wildman–Crippen LogP) is 1.41. The highest BCUT2D eigenvalue weighted by molar-refractivity contribution is 5.94. The number of hydrazine groups is 1. The van der Waals surface area contributed by atoms with Crippen LogP contribution in [0.3, 0.4) is 0 Å². The van der Waals surface area contributed by atoms with E-state index >= 15 is 0 Å². The Balaban J connectivity index is 2.84. The summed E-state index contributed by atoms with van der Waals surface area (Å²) in [5.41, 5.74) is 0.591. The number of amides is 1. The topological polar surface area (TPSA) is 49.9 Å². The SMILES string of the molecule is COC(=O)C(C)CN(C(=O)c1ccccc1)N(C)C. The van der Waals surface area contributed by atoms with Crippen LogP contribution in [-0.4, -0.2) is 49.6 Å². The highest BCUT2D eigenvalue weighted by atomic mass is 16.5. The van der Waals surface area contributed by atoms with Crippen LogP contribution in [0.4, 0.5) is 0 Å². The van der Waals surface area contributed by atoms with Crippen molar-refractivity contribution < 1.29 is 14.3 Å². The van der Waals surface area contributed by atoms with Crippen molar-refractivity contribution in [3.63, 3.8) is 0 Å². The lowest BCUT2D eigenvalue weighted by molar-refractivity contribution is -0.146. The molecule has 0 spiro atoms. The molecule has 0 aliphatic rings. The number of methoxy groups -OCH3 is 1. The molecule has 1 amide bonds. The smallest absolute Gasteiger partial charge is 0.310 e. The molecule has 1 aromatic carbocycles. The first-order valence-electron chi connectivity index (χ1n) is 6.09. The van der Waals surface area contributed by atoms with Gasteiger partial charge in [0.05, 0.1) is 19.6 Å². The summed E-state index contributed by atoms with van der Waals surface area (Å²) >= 11 is 0. The molecular formula is C14H20N2O3. The van der Waals surface area contributed by atoms with Gasteiger partial charge in [0.25, 0.3) is 5.91 Å². The standard InChI is InChI=1S/C14H20N2O3/c1-11(14(18)19-4)10-16(15(2)3)13(17)12-8-6-5-7-9-12/h5-9,11H,10H2,1-4H3. The molecule has 0 bridgehead atoms. The van der Waals surface area contributed by atoms with Crippen LogP contribution in [-0.2, 0) is 9.53 Å². The van der Waals surface area contributed by atoms with Gasteiger partial charge in [-0.15, -0.1) is 0 Å². The molecule has 0 aliphatic heterocycles. The third-order valence-electron chi connectivity index (χ3n) is 2.79. The Labute approximate surface area is 113 Å². The molecule has 1 rings (SSSR count). The van der Waals surface area contributed by atoms with Crippen LogP contribution >= 0.6 is 0 Å². The van der Waals surface area contributed by atoms with Crippen LogP contribution in [0.15, 0.2) is 30.3 Å². The van der Waals surface area contributed by atoms with E-state index in [0.29, 0.717) is 5.56 Å². The number of esters is 1. The van der Waals surface area contributed by atoms with Gasteiger partial charge >= 0.3 is 5.97 Å². The second-order valence-electron chi connectivity index (χ2n) is 4.52. The third kappa shape index (κ3) is 4.06. The summed E-state index contributed by atoms with van der Waals surface area (Å²) in [7, 11) is 4.88. The molecule has 5 nitrogen and oxygen atoms in total. The summed E-state index contributed by atoms with van der Waals surface area (Å²) in [6.07, 6.45) is 0. The number of hydrogen-bond acceptors (Lipinski definition) is 4. The van der Waals surface area contributed by atoms with Gasteiger partial charge in [-0.2, -0.15) is 0 Å². The lowest BCUT2D eigenvalue weighted by Gasteiger charge is -2.30. The molecule has 0 saturated heterocycles. The van der Waals surface area contributed by atoms with Crippen molar-refractivity contribution >= 4 is 11.9 Å². The highest BCUT2D eigenvalue weighted by Crippen LogP contribution is 2.09. The Morgan fingerprint density at radius 2 is 1.79 bits per heavy atom. The summed E-state index contributed by atoms with van der Waals surface area (Å²) < 4.78 is 4.68. The Bertz CT molecular complexity index is 432. The highest BCUT2D eigenvalue weighted by Gasteiger charge is 2.23. The van der Waals surface area contributed by atoms with Gasteiger partial charge in [0, 0.05) is 19.7 Å². The molecule has 1 unspecified atom stereocenters. The van der Waals surface area contributed by atoms with Gasteiger partial charge in [-0.3, -0.25) is 14.6 Å². The zero-order valence-electron chi connectivity index (χ0n) is 11.8. The molecule has 0 aliphatic carbocycles. The minimum atomic E-state index is -0.375. The number of nitrogens with zero attached hydrogens (tertiary/aromatic N) is 2. The average Bonchev–Trinajstić information content (AvgIpc) is 2.43. The first kappa shape index (κ1) is 15.2. The lowest BCUT2D eigenvalue weighted by atomic mass is 10.1. The van der Waals surface area contributed by atoms with Gasteiger partial charge in [0.1, 0.15) is 0 Å². The molecule has 1 aromatic rings. The number of carbonyl (C=O) groups excluding carboxylic acids is 2.